The molecular weight excluding hydrogens is 407 g/mol. The lowest BCUT2D eigenvalue weighted by Crippen LogP contribution is -2.39. The summed E-state index contributed by atoms with van der Waals surface area (Å²) < 4.78 is 26.2. The van der Waals surface area contributed by atoms with Gasteiger partial charge in [0.15, 0.2) is 4.80 Å². The number of nitrogens with zero attached hydrogens (tertiary/aromatic N) is 2. The first-order valence-corrected chi connectivity index (χ1v) is 10.2. The van der Waals surface area contributed by atoms with E-state index in [4.69, 9.17) is 9.15 Å². The Balaban J connectivity index is 1.96. The molecule has 0 aliphatic carbocycles. The van der Waals surface area contributed by atoms with Gasteiger partial charge in [0.2, 0.25) is 0 Å². The van der Waals surface area contributed by atoms with E-state index >= 15 is 0 Å². The fourth-order valence-corrected chi connectivity index (χ4v) is 4.44. The summed E-state index contributed by atoms with van der Waals surface area (Å²) in [5.41, 5.74) is 1.01. The minimum absolute atomic E-state index is 0.189. The van der Waals surface area contributed by atoms with Gasteiger partial charge in [0.25, 0.3) is 5.56 Å². The van der Waals surface area contributed by atoms with Crippen LogP contribution in [-0.4, -0.2) is 17.1 Å². The molecule has 1 atom stereocenters. The molecule has 0 saturated carbocycles. The number of rotatable bonds is 4. The highest BCUT2D eigenvalue weighted by molar-refractivity contribution is 7.07. The standard InChI is InChI=1S/C22H19FN2O4S/c1-4-28-21(27)18-13(3)24-22-25(19(18)14-6-8-15(23)9-7-14)20(26)17(30-22)11-16-10-5-12(2)29-16/h5-11,19H,4H2,1-3H3/b17-11-/t19-/m0/s1. The van der Waals surface area contributed by atoms with E-state index in [9.17, 15) is 14.0 Å². The predicted molar refractivity (Wildman–Crippen MR) is 110 cm³/mol. The molecule has 0 saturated heterocycles. The van der Waals surface area contributed by atoms with E-state index in [0.29, 0.717) is 26.4 Å². The molecule has 0 bridgehead atoms. The van der Waals surface area contributed by atoms with Gasteiger partial charge in [-0.15, -0.1) is 0 Å². The normalized spacial score (nSPS) is 16.4. The van der Waals surface area contributed by atoms with Crippen LogP contribution in [-0.2, 0) is 9.53 Å². The van der Waals surface area contributed by atoms with Crippen LogP contribution < -0.4 is 14.9 Å². The van der Waals surface area contributed by atoms with Crippen LogP contribution in [0, 0.1) is 12.7 Å². The highest BCUT2D eigenvalue weighted by Gasteiger charge is 2.33. The topological polar surface area (TPSA) is 73.8 Å². The second-order valence-corrected chi connectivity index (χ2v) is 7.81. The monoisotopic (exact) mass is 426 g/mol. The molecule has 4 rings (SSSR count). The fourth-order valence-electron chi connectivity index (χ4n) is 3.41. The summed E-state index contributed by atoms with van der Waals surface area (Å²) in [6, 6.07) is 8.55. The average molecular weight is 426 g/mol. The summed E-state index contributed by atoms with van der Waals surface area (Å²) in [7, 11) is 0. The highest BCUT2D eigenvalue weighted by Crippen LogP contribution is 2.30. The Bertz CT molecular complexity index is 1330. The van der Waals surface area contributed by atoms with Crippen molar-refractivity contribution in [1.82, 2.24) is 4.57 Å². The lowest BCUT2D eigenvalue weighted by Gasteiger charge is -2.24. The molecule has 0 fully saturated rings. The molecule has 0 N–H and O–H groups in total. The molecule has 30 heavy (non-hydrogen) atoms. The molecule has 1 aromatic carbocycles. The zero-order valence-corrected chi connectivity index (χ0v) is 17.5. The van der Waals surface area contributed by atoms with Crippen molar-refractivity contribution in [2.24, 2.45) is 4.99 Å². The van der Waals surface area contributed by atoms with Crippen LogP contribution in [0.2, 0.25) is 0 Å². The van der Waals surface area contributed by atoms with Gasteiger partial charge >= 0.3 is 5.97 Å². The molecule has 0 amide bonds. The van der Waals surface area contributed by atoms with Gasteiger partial charge in [0, 0.05) is 6.08 Å². The predicted octanol–water partition coefficient (Wildman–Crippen LogP) is 2.84. The molecule has 1 aliphatic rings. The van der Waals surface area contributed by atoms with Crippen molar-refractivity contribution in [3.05, 3.63) is 90.3 Å². The lowest BCUT2D eigenvalue weighted by atomic mass is 9.96. The maximum absolute atomic E-state index is 13.5. The van der Waals surface area contributed by atoms with E-state index in [2.05, 4.69) is 4.99 Å². The first-order valence-electron chi connectivity index (χ1n) is 9.40. The number of allylic oxidation sites excluding steroid dienone is 1. The Morgan fingerprint density at radius 1 is 1.27 bits per heavy atom. The number of benzene rings is 1. The molecule has 0 radical (unpaired) electrons. The van der Waals surface area contributed by atoms with Crippen molar-refractivity contribution >= 4 is 23.4 Å². The quantitative estimate of drug-likeness (QED) is 0.602. The van der Waals surface area contributed by atoms with Crippen molar-refractivity contribution in [2.45, 2.75) is 26.8 Å². The molecular formula is C22H19FN2O4S. The largest absolute Gasteiger partial charge is 0.463 e. The summed E-state index contributed by atoms with van der Waals surface area (Å²) in [4.78, 5) is 31.0. The van der Waals surface area contributed by atoms with E-state index in [1.54, 1.807) is 38.1 Å². The maximum atomic E-state index is 13.5. The van der Waals surface area contributed by atoms with Crippen molar-refractivity contribution in [3.63, 3.8) is 0 Å². The van der Waals surface area contributed by atoms with Gasteiger partial charge in [-0.25, -0.2) is 14.2 Å². The Kier molecular flexibility index (Phi) is 5.26. The molecule has 1 aliphatic heterocycles. The third kappa shape index (κ3) is 3.54. The summed E-state index contributed by atoms with van der Waals surface area (Å²) >= 11 is 1.21. The van der Waals surface area contributed by atoms with Crippen LogP contribution in [0.3, 0.4) is 0 Å². The second-order valence-electron chi connectivity index (χ2n) is 6.80. The number of aromatic nitrogens is 1. The molecule has 3 aromatic rings. The zero-order chi connectivity index (χ0) is 21.4. The van der Waals surface area contributed by atoms with Gasteiger partial charge < -0.3 is 9.15 Å². The Hall–Kier alpha value is -3.26. The number of carbonyl (C=O) groups excluding carboxylic acids is 1. The van der Waals surface area contributed by atoms with Gasteiger partial charge in [-0.1, -0.05) is 23.5 Å². The Morgan fingerprint density at radius 2 is 2.00 bits per heavy atom. The fraction of sp³-hybridized carbons (Fsp3) is 0.227. The van der Waals surface area contributed by atoms with E-state index < -0.39 is 17.8 Å². The average Bonchev–Trinajstić information content (AvgIpc) is 3.24. The maximum Gasteiger partial charge on any atom is 0.338 e. The zero-order valence-electron chi connectivity index (χ0n) is 16.6. The number of furan rings is 1. The molecule has 6 nitrogen and oxygen atoms in total. The summed E-state index contributed by atoms with van der Waals surface area (Å²) in [5, 5.41) is 0. The number of carbonyl (C=O) groups is 1. The van der Waals surface area contributed by atoms with E-state index in [-0.39, 0.29) is 17.7 Å². The molecule has 3 heterocycles. The van der Waals surface area contributed by atoms with Crippen LogP contribution >= 0.6 is 11.3 Å². The van der Waals surface area contributed by atoms with Gasteiger partial charge in [-0.05, 0) is 50.6 Å². The molecule has 0 unspecified atom stereocenters. The number of hydrogen-bond acceptors (Lipinski definition) is 6. The molecule has 2 aromatic heterocycles. The van der Waals surface area contributed by atoms with Gasteiger partial charge in [-0.3, -0.25) is 9.36 Å². The SMILES string of the molecule is CCOC(=O)C1=C(C)N=c2s/c(=C\c3ccc(C)o3)c(=O)n2[C@H]1c1ccc(F)cc1. The number of ether oxygens (including phenoxy) is 1. The Labute approximate surface area is 175 Å². The van der Waals surface area contributed by atoms with Crippen LogP contribution in [0.25, 0.3) is 6.08 Å². The van der Waals surface area contributed by atoms with Crippen molar-refractivity contribution < 1.29 is 18.3 Å². The number of halogens is 1. The van der Waals surface area contributed by atoms with Crippen LogP contribution in [0.15, 0.2) is 61.9 Å². The summed E-state index contributed by atoms with van der Waals surface area (Å²) in [6.45, 7) is 5.42. The second kappa shape index (κ2) is 7.87. The number of fused-ring (bicyclic) bond motifs is 1. The number of thiazole rings is 1. The van der Waals surface area contributed by atoms with E-state index in [1.165, 1.54) is 28.0 Å². The molecule has 8 heteroatoms. The summed E-state index contributed by atoms with van der Waals surface area (Å²) in [6.07, 6.45) is 1.65. The van der Waals surface area contributed by atoms with Gasteiger partial charge in [0.1, 0.15) is 17.3 Å². The van der Waals surface area contributed by atoms with Crippen molar-refractivity contribution in [2.75, 3.05) is 6.61 Å². The molecule has 0 spiro atoms. The van der Waals surface area contributed by atoms with Gasteiger partial charge in [-0.2, -0.15) is 0 Å². The third-order valence-corrected chi connectivity index (χ3v) is 5.72. The van der Waals surface area contributed by atoms with Crippen molar-refractivity contribution in [3.8, 4) is 0 Å². The summed E-state index contributed by atoms with van der Waals surface area (Å²) in [5.74, 6) is 0.331. The lowest BCUT2D eigenvalue weighted by molar-refractivity contribution is -0.139. The highest BCUT2D eigenvalue weighted by atomic mass is 32.1. The minimum Gasteiger partial charge on any atom is -0.463 e. The number of aryl methyl sites for hydroxylation is 1. The minimum atomic E-state index is -0.763. The first kappa shape index (κ1) is 20.0. The van der Waals surface area contributed by atoms with E-state index in [1.807, 2.05) is 13.0 Å². The van der Waals surface area contributed by atoms with Crippen LogP contribution in [0.1, 0.15) is 37.0 Å². The Morgan fingerprint density at radius 3 is 2.63 bits per heavy atom. The van der Waals surface area contributed by atoms with Gasteiger partial charge in [0.05, 0.1) is 28.5 Å². The van der Waals surface area contributed by atoms with Crippen molar-refractivity contribution in [1.29, 1.82) is 0 Å². The smallest absolute Gasteiger partial charge is 0.338 e. The number of esters is 1. The van der Waals surface area contributed by atoms with Crippen LogP contribution in [0.5, 0.6) is 0 Å². The third-order valence-electron chi connectivity index (χ3n) is 4.74. The molecule has 154 valence electrons. The number of hydrogen-bond donors (Lipinski definition) is 0. The van der Waals surface area contributed by atoms with Crippen LogP contribution in [0.4, 0.5) is 4.39 Å². The van der Waals surface area contributed by atoms with E-state index in [0.717, 1.165) is 5.76 Å². The first-order chi connectivity index (χ1) is 14.4.